The minimum atomic E-state index is -3.72. The van der Waals surface area contributed by atoms with Crippen molar-refractivity contribution in [1.29, 1.82) is 0 Å². The Morgan fingerprint density at radius 3 is 2.48 bits per heavy atom. The zero-order valence-corrected chi connectivity index (χ0v) is 16.8. The van der Waals surface area contributed by atoms with E-state index in [1.807, 2.05) is 0 Å². The maximum absolute atomic E-state index is 12.6. The highest BCUT2D eigenvalue weighted by Gasteiger charge is 2.19. The third-order valence-corrected chi connectivity index (χ3v) is 6.57. The van der Waals surface area contributed by atoms with E-state index in [9.17, 15) is 13.2 Å². The molecule has 27 heavy (non-hydrogen) atoms. The van der Waals surface area contributed by atoms with E-state index in [0.29, 0.717) is 16.0 Å². The molecule has 0 radical (unpaired) electrons. The number of rotatable bonds is 7. The molecule has 0 aliphatic carbocycles. The van der Waals surface area contributed by atoms with Crippen molar-refractivity contribution in [2.75, 3.05) is 13.7 Å². The van der Waals surface area contributed by atoms with Crippen LogP contribution in [-0.2, 0) is 17.1 Å². The van der Waals surface area contributed by atoms with Gasteiger partial charge in [0.2, 0.25) is 10.0 Å². The van der Waals surface area contributed by atoms with Crippen LogP contribution in [0.3, 0.4) is 0 Å². The normalized spacial score (nSPS) is 12.9. The van der Waals surface area contributed by atoms with Gasteiger partial charge in [0.15, 0.2) is 0 Å². The molecule has 0 unspecified atom stereocenters. The SMILES string of the molecule is COc1ccc(OC[C@H](C)NS(=O)(=O)c2ccc3c(c2)sc(=O)n3C)cc1. The third kappa shape index (κ3) is 4.32. The van der Waals surface area contributed by atoms with Crippen LogP contribution in [0.15, 0.2) is 52.2 Å². The molecule has 0 bridgehead atoms. The first-order valence-electron chi connectivity index (χ1n) is 8.19. The molecule has 0 aliphatic rings. The highest BCUT2D eigenvalue weighted by molar-refractivity contribution is 7.89. The average Bonchev–Trinajstić information content (AvgIpc) is 2.93. The number of benzene rings is 2. The summed E-state index contributed by atoms with van der Waals surface area (Å²) in [6.45, 7) is 1.90. The summed E-state index contributed by atoms with van der Waals surface area (Å²) in [5.74, 6) is 1.34. The van der Waals surface area contributed by atoms with Gasteiger partial charge >= 0.3 is 4.87 Å². The molecular formula is C18H20N2O5S2. The zero-order valence-electron chi connectivity index (χ0n) is 15.1. The number of nitrogens with one attached hydrogen (secondary N) is 1. The molecule has 0 aliphatic heterocycles. The van der Waals surface area contributed by atoms with E-state index in [1.165, 1.54) is 16.7 Å². The number of hydrogen-bond donors (Lipinski definition) is 1. The molecular weight excluding hydrogens is 388 g/mol. The lowest BCUT2D eigenvalue weighted by Gasteiger charge is -2.15. The van der Waals surface area contributed by atoms with Crippen LogP contribution in [0.5, 0.6) is 11.5 Å². The Kier molecular flexibility index (Phi) is 5.54. The molecule has 2 aromatic carbocycles. The van der Waals surface area contributed by atoms with Crippen molar-refractivity contribution in [2.45, 2.75) is 17.9 Å². The molecule has 3 rings (SSSR count). The van der Waals surface area contributed by atoms with E-state index in [-0.39, 0.29) is 16.4 Å². The molecule has 0 fully saturated rings. The van der Waals surface area contributed by atoms with Crippen molar-refractivity contribution < 1.29 is 17.9 Å². The molecule has 3 aromatic rings. The van der Waals surface area contributed by atoms with Gasteiger partial charge in [-0.3, -0.25) is 4.79 Å². The lowest BCUT2D eigenvalue weighted by molar-refractivity contribution is 0.287. The van der Waals surface area contributed by atoms with Crippen LogP contribution in [0, 0.1) is 0 Å². The van der Waals surface area contributed by atoms with Gasteiger partial charge in [-0.1, -0.05) is 11.3 Å². The summed E-state index contributed by atoms with van der Waals surface area (Å²) >= 11 is 1.02. The minimum absolute atomic E-state index is 0.119. The second-order valence-electron chi connectivity index (χ2n) is 6.07. The fraction of sp³-hybridized carbons (Fsp3) is 0.278. The smallest absolute Gasteiger partial charge is 0.307 e. The van der Waals surface area contributed by atoms with E-state index in [4.69, 9.17) is 9.47 Å². The van der Waals surface area contributed by atoms with Gasteiger partial charge in [-0.15, -0.1) is 0 Å². The van der Waals surface area contributed by atoms with Crippen LogP contribution in [0.25, 0.3) is 10.2 Å². The Balaban J connectivity index is 1.68. The molecule has 7 nitrogen and oxygen atoms in total. The minimum Gasteiger partial charge on any atom is -0.497 e. The molecule has 1 N–H and O–H groups in total. The van der Waals surface area contributed by atoms with E-state index in [1.54, 1.807) is 51.4 Å². The maximum atomic E-state index is 12.6. The van der Waals surface area contributed by atoms with Crippen LogP contribution >= 0.6 is 11.3 Å². The first-order chi connectivity index (χ1) is 12.8. The molecule has 1 atom stereocenters. The highest BCUT2D eigenvalue weighted by Crippen LogP contribution is 2.21. The van der Waals surface area contributed by atoms with E-state index >= 15 is 0 Å². The van der Waals surface area contributed by atoms with Gasteiger partial charge in [0, 0.05) is 7.05 Å². The van der Waals surface area contributed by atoms with Gasteiger partial charge < -0.3 is 14.0 Å². The fourth-order valence-corrected chi connectivity index (χ4v) is 4.79. The van der Waals surface area contributed by atoms with Crippen molar-refractivity contribution in [2.24, 2.45) is 7.05 Å². The number of thiazole rings is 1. The lowest BCUT2D eigenvalue weighted by Crippen LogP contribution is -2.36. The molecule has 1 heterocycles. The van der Waals surface area contributed by atoms with Crippen LogP contribution in [0.2, 0.25) is 0 Å². The summed E-state index contributed by atoms with van der Waals surface area (Å²) < 4.78 is 40.6. The van der Waals surface area contributed by atoms with Crippen molar-refractivity contribution in [1.82, 2.24) is 9.29 Å². The second-order valence-corrected chi connectivity index (χ2v) is 8.77. The summed E-state index contributed by atoms with van der Waals surface area (Å²) in [6, 6.07) is 11.3. The number of nitrogens with zero attached hydrogens (tertiary/aromatic N) is 1. The van der Waals surface area contributed by atoms with Crippen molar-refractivity contribution >= 4 is 31.6 Å². The standard InChI is InChI=1S/C18H20N2O5S2/c1-12(11-25-14-6-4-13(24-3)5-7-14)19-27(22,23)15-8-9-16-17(10-15)26-18(21)20(16)2/h4-10,12,19H,11H2,1-3H3/t12-/m0/s1. The summed E-state index contributed by atoms with van der Waals surface area (Å²) in [4.78, 5) is 11.7. The topological polar surface area (TPSA) is 86.6 Å². The van der Waals surface area contributed by atoms with E-state index in [2.05, 4.69) is 4.72 Å². The van der Waals surface area contributed by atoms with Gasteiger partial charge in [-0.2, -0.15) is 0 Å². The Labute approximate surface area is 161 Å². The predicted molar refractivity (Wildman–Crippen MR) is 105 cm³/mol. The largest absolute Gasteiger partial charge is 0.497 e. The number of aromatic nitrogens is 1. The molecule has 0 spiro atoms. The number of sulfonamides is 1. The van der Waals surface area contributed by atoms with Gasteiger partial charge in [0.05, 0.1) is 28.3 Å². The number of fused-ring (bicyclic) bond motifs is 1. The van der Waals surface area contributed by atoms with Gasteiger partial charge in [-0.25, -0.2) is 13.1 Å². The second kappa shape index (κ2) is 7.71. The zero-order chi connectivity index (χ0) is 19.6. The molecule has 1 aromatic heterocycles. The van der Waals surface area contributed by atoms with Crippen LogP contribution in [0.4, 0.5) is 0 Å². The Morgan fingerprint density at radius 2 is 1.81 bits per heavy atom. The summed E-state index contributed by atoms with van der Waals surface area (Å²) in [5, 5.41) is 0. The van der Waals surface area contributed by atoms with Crippen molar-refractivity contribution in [3.8, 4) is 11.5 Å². The molecule has 0 saturated heterocycles. The average molecular weight is 409 g/mol. The van der Waals surface area contributed by atoms with Crippen LogP contribution < -0.4 is 19.1 Å². The quantitative estimate of drug-likeness (QED) is 0.649. The van der Waals surface area contributed by atoms with E-state index in [0.717, 1.165) is 17.1 Å². The van der Waals surface area contributed by atoms with Crippen molar-refractivity contribution in [3.63, 3.8) is 0 Å². The Bertz CT molecular complexity index is 1100. The molecule has 0 saturated carbocycles. The summed E-state index contributed by atoms with van der Waals surface area (Å²) in [6.07, 6.45) is 0. The summed E-state index contributed by atoms with van der Waals surface area (Å²) in [5.41, 5.74) is 0.708. The Morgan fingerprint density at radius 1 is 1.15 bits per heavy atom. The number of ether oxygens (including phenoxy) is 2. The van der Waals surface area contributed by atoms with Gasteiger partial charge in [-0.05, 0) is 49.4 Å². The summed E-state index contributed by atoms with van der Waals surface area (Å²) in [7, 11) is -0.484. The fourth-order valence-electron chi connectivity index (χ4n) is 2.54. The third-order valence-electron chi connectivity index (χ3n) is 3.99. The van der Waals surface area contributed by atoms with Gasteiger partial charge in [0.1, 0.15) is 18.1 Å². The van der Waals surface area contributed by atoms with Crippen LogP contribution in [0.1, 0.15) is 6.92 Å². The number of aryl methyl sites for hydroxylation is 1. The van der Waals surface area contributed by atoms with E-state index < -0.39 is 16.1 Å². The number of hydrogen-bond acceptors (Lipinski definition) is 6. The first-order valence-corrected chi connectivity index (χ1v) is 10.5. The highest BCUT2D eigenvalue weighted by atomic mass is 32.2. The Hall–Kier alpha value is -2.36. The van der Waals surface area contributed by atoms with Gasteiger partial charge in [0.25, 0.3) is 0 Å². The predicted octanol–water partition coefficient (Wildman–Crippen LogP) is 2.35. The molecule has 0 amide bonds. The lowest BCUT2D eigenvalue weighted by atomic mass is 10.3. The van der Waals surface area contributed by atoms with Crippen molar-refractivity contribution in [3.05, 3.63) is 52.1 Å². The molecule has 9 heteroatoms. The monoisotopic (exact) mass is 408 g/mol. The van der Waals surface area contributed by atoms with Crippen LogP contribution in [-0.4, -0.2) is 32.7 Å². The maximum Gasteiger partial charge on any atom is 0.307 e. The molecule has 144 valence electrons. The number of methoxy groups -OCH3 is 1. The first kappa shape index (κ1) is 19.4.